The number of nitrogens with zero attached hydrogens (tertiary/aromatic N) is 1. The number of amides is 1. The van der Waals surface area contributed by atoms with E-state index in [1.165, 1.54) is 0 Å². The van der Waals surface area contributed by atoms with Gasteiger partial charge in [-0.1, -0.05) is 13.8 Å². The van der Waals surface area contributed by atoms with Crippen LogP contribution in [0.1, 0.15) is 33.1 Å². The van der Waals surface area contributed by atoms with Gasteiger partial charge in [-0.2, -0.15) is 0 Å². The molecule has 1 aliphatic heterocycles. The van der Waals surface area contributed by atoms with E-state index in [1.54, 1.807) is 0 Å². The van der Waals surface area contributed by atoms with Crippen LogP contribution >= 0.6 is 0 Å². The normalized spacial score (nSPS) is 19.3. The van der Waals surface area contributed by atoms with Crippen LogP contribution in [0, 0.1) is 5.41 Å². The average Bonchev–Trinajstić information content (AvgIpc) is 2.18. The number of carbonyl (C=O) groups excluding carboxylic acids is 1. The Kier molecular flexibility index (Phi) is 4.11. The van der Waals surface area contributed by atoms with Crippen molar-refractivity contribution >= 4 is 5.91 Å². The molecule has 0 spiro atoms. The number of carbonyl (C=O) groups is 1. The van der Waals surface area contributed by atoms with E-state index in [2.05, 4.69) is 0 Å². The number of hydrogen-bond donors (Lipinski definition) is 2. The molecule has 1 fully saturated rings. The third-order valence-corrected chi connectivity index (χ3v) is 3.14. The Hall–Kier alpha value is -0.610. The Balaban J connectivity index is 2.53. The molecule has 1 aliphatic rings. The molecule has 0 atom stereocenters. The number of likely N-dealkylation sites (tertiary alicyclic amines) is 1. The molecule has 3 N–H and O–H groups in total. The highest BCUT2D eigenvalue weighted by Crippen LogP contribution is 2.24. The first-order valence-corrected chi connectivity index (χ1v) is 5.63. The van der Waals surface area contributed by atoms with Crippen LogP contribution in [-0.4, -0.2) is 41.7 Å². The minimum absolute atomic E-state index is 0.0616. The van der Waals surface area contributed by atoms with Gasteiger partial charge >= 0.3 is 0 Å². The fourth-order valence-electron chi connectivity index (χ4n) is 1.92. The van der Waals surface area contributed by atoms with E-state index in [9.17, 15) is 4.79 Å². The maximum atomic E-state index is 12.1. The van der Waals surface area contributed by atoms with Gasteiger partial charge in [0, 0.05) is 31.2 Å². The predicted molar refractivity (Wildman–Crippen MR) is 59.3 cm³/mol. The van der Waals surface area contributed by atoms with Crippen LogP contribution < -0.4 is 5.73 Å². The van der Waals surface area contributed by atoms with Crippen LogP contribution in [0.25, 0.3) is 0 Å². The zero-order valence-corrected chi connectivity index (χ0v) is 9.70. The summed E-state index contributed by atoms with van der Waals surface area (Å²) in [6.07, 6.45) is 2.30. The molecule has 0 unspecified atom stereocenters. The highest BCUT2D eigenvalue weighted by Gasteiger charge is 2.32. The molecule has 0 bridgehead atoms. The third-order valence-electron chi connectivity index (χ3n) is 3.14. The second-order valence-electron chi connectivity index (χ2n) is 4.99. The van der Waals surface area contributed by atoms with Crippen LogP contribution in [0.4, 0.5) is 0 Å². The van der Waals surface area contributed by atoms with Crippen LogP contribution in [0.5, 0.6) is 0 Å². The van der Waals surface area contributed by atoms with Gasteiger partial charge < -0.3 is 15.7 Å². The lowest BCUT2D eigenvalue weighted by atomic mass is 9.87. The second kappa shape index (κ2) is 4.94. The topological polar surface area (TPSA) is 66.6 Å². The lowest BCUT2D eigenvalue weighted by Crippen LogP contribution is -2.47. The van der Waals surface area contributed by atoms with Gasteiger partial charge in [-0.25, -0.2) is 0 Å². The number of rotatable bonds is 3. The quantitative estimate of drug-likeness (QED) is 0.712. The Morgan fingerprint density at radius 2 is 2.00 bits per heavy atom. The van der Waals surface area contributed by atoms with E-state index in [0.29, 0.717) is 6.42 Å². The van der Waals surface area contributed by atoms with Crippen molar-refractivity contribution in [1.82, 2.24) is 4.90 Å². The average molecular weight is 214 g/mol. The van der Waals surface area contributed by atoms with Crippen molar-refractivity contribution in [2.75, 3.05) is 19.7 Å². The molecule has 0 aromatic heterocycles. The second-order valence-corrected chi connectivity index (χ2v) is 4.99. The van der Waals surface area contributed by atoms with Gasteiger partial charge in [-0.15, -0.1) is 0 Å². The molecule has 1 heterocycles. The van der Waals surface area contributed by atoms with Crippen LogP contribution in [0.3, 0.4) is 0 Å². The molecule has 15 heavy (non-hydrogen) atoms. The number of hydrogen-bond acceptors (Lipinski definition) is 3. The molecule has 1 saturated heterocycles. The van der Waals surface area contributed by atoms with Gasteiger partial charge in [0.05, 0.1) is 0 Å². The Bertz CT molecular complexity index is 221. The largest absolute Gasteiger partial charge is 0.396 e. The lowest BCUT2D eigenvalue weighted by molar-refractivity contribution is -0.142. The monoisotopic (exact) mass is 214 g/mol. The van der Waals surface area contributed by atoms with Crippen LogP contribution in [0.2, 0.25) is 0 Å². The first-order valence-electron chi connectivity index (χ1n) is 5.63. The Morgan fingerprint density at radius 3 is 2.47 bits per heavy atom. The van der Waals surface area contributed by atoms with Crippen molar-refractivity contribution in [2.24, 2.45) is 11.1 Å². The summed E-state index contributed by atoms with van der Waals surface area (Å²) in [5.74, 6) is 0.142. The van der Waals surface area contributed by atoms with Gasteiger partial charge in [-0.3, -0.25) is 4.79 Å². The van der Waals surface area contributed by atoms with E-state index in [1.807, 2.05) is 18.7 Å². The molecule has 0 saturated carbocycles. The molecule has 0 aromatic rings. The summed E-state index contributed by atoms with van der Waals surface area (Å²) in [4.78, 5) is 14.0. The highest BCUT2D eigenvalue weighted by molar-refractivity contribution is 5.82. The summed E-state index contributed by atoms with van der Waals surface area (Å²) in [7, 11) is 0. The summed E-state index contributed by atoms with van der Waals surface area (Å²) in [5.41, 5.74) is 5.34. The molecule has 1 amide bonds. The zero-order chi connectivity index (χ0) is 11.5. The summed E-state index contributed by atoms with van der Waals surface area (Å²) in [6.45, 7) is 5.36. The smallest absolute Gasteiger partial charge is 0.228 e. The molecule has 4 heteroatoms. The first-order chi connectivity index (χ1) is 6.97. The van der Waals surface area contributed by atoms with Gasteiger partial charge in [0.1, 0.15) is 0 Å². The van der Waals surface area contributed by atoms with Crippen molar-refractivity contribution in [3.8, 4) is 0 Å². The first kappa shape index (κ1) is 12.5. The maximum Gasteiger partial charge on any atom is 0.228 e. The van der Waals surface area contributed by atoms with Crippen molar-refractivity contribution in [3.63, 3.8) is 0 Å². The van der Waals surface area contributed by atoms with Crippen LogP contribution in [-0.2, 0) is 4.79 Å². The summed E-state index contributed by atoms with van der Waals surface area (Å²) in [6, 6.07) is 0.245. The minimum atomic E-state index is -0.448. The van der Waals surface area contributed by atoms with E-state index < -0.39 is 5.41 Å². The summed E-state index contributed by atoms with van der Waals surface area (Å²) >= 11 is 0. The number of aliphatic hydroxyl groups is 1. The number of nitrogens with two attached hydrogens (primary N) is 1. The fraction of sp³-hybridized carbons (Fsp3) is 0.909. The third kappa shape index (κ3) is 3.18. The summed E-state index contributed by atoms with van der Waals surface area (Å²) < 4.78 is 0. The van der Waals surface area contributed by atoms with E-state index in [-0.39, 0.29) is 18.6 Å². The van der Waals surface area contributed by atoms with E-state index in [0.717, 1.165) is 25.9 Å². The van der Waals surface area contributed by atoms with E-state index in [4.69, 9.17) is 10.8 Å². The van der Waals surface area contributed by atoms with Crippen LogP contribution in [0.15, 0.2) is 0 Å². The summed E-state index contributed by atoms with van der Waals surface area (Å²) in [5, 5.41) is 8.90. The van der Waals surface area contributed by atoms with E-state index >= 15 is 0 Å². The molecule has 4 nitrogen and oxygen atoms in total. The zero-order valence-electron chi connectivity index (χ0n) is 9.70. The molecule has 1 rings (SSSR count). The molecular weight excluding hydrogens is 192 g/mol. The van der Waals surface area contributed by atoms with Crippen molar-refractivity contribution in [3.05, 3.63) is 0 Å². The Morgan fingerprint density at radius 1 is 1.47 bits per heavy atom. The SMILES string of the molecule is CC(C)(CCO)C(=O)N1CCC(N)CC1. The lowest BCUT2D eigenvalue weighted by Gasteiger charge is -2.35. The molecule has 88 valence electrons. The maximum absolute atomic E-state index is 12.1. The van der Waals surface area contributed by atoms with Gasteiger partial charge in [0.15, 0.2) is 0 Å². The van der Waals surface area contributed by atoms with Crippen molar-refractivity contribution in [1.29, 1.82) is 0 Å². The predicted octanol–water partition coefficient (Wildman–Crippen LogP) is 0.345. The molecule has 0 aliphatic carbocycles. The molecule has 0 radical (unpaired) electrons. The highest BCUT2D eigenvalue weighted by atomic mass is 16.3. The minimum Gasteiger partial charge on any atom is -0.396 e. The number of aliphatic hydroxyl groups excluding tert-OH is 1. The van der Waals surface area contributed by atoms with Crippen molar-refractivity contribution < 1.29 is 9.90 Å². The van der Waals surface area contributed by atoms with Gasteiger partial charge in [0.25, 0.3) is 0 Å². The Labute approximate surface area is 91.4 Å². The fourth-order valence-corrected chi connectivity index (χ4v) is 1.92. The van der Waals surface area contributed by atoms with Crippen molar-refractivity contribution in [2.45, 2.75) is 39.2 Å². The number of piperidine rings is 1. The molecular formula is C11H22N2O2. The van der Waals surface area contributed by atoms with Gasteiger partial charge in [0.2, 0.25) is 5.91 Å². The molecule has 0 aromatic carbocycles. The van der Waals surface area contributed by atoms with Gasteiger partial charge in [-0.05, 0) is 19.3 Å². The standard InChI is InChI=1S/C11H22N2O2/c1-11(2,5-8-14)10(15)13-6-3-9(12)4-7-13/h9,14H,3-8,12H2,1-2H3.